The zero-order chi connectivity index (χ0) is 10.8. The van der Waals surface area contributed by atoms with E-state index >= 15 is 0 Å². The van der Waals surface area contributed by atoms with Gasteiger partial charge in [-0.05, 0) is 0 Å². The highest BCUT2D eigenvalue weighted by Gasteiger charge is 2.26. The van der Waals surface area contributed by atoms with Crippen molar-refractivity contribution in [3.05, 3.63) is 35.9 Å². The summed E-state index contributed by atoms with van der Waals surface area (Å²) in [5.41, 5.74) is -1.78. The lowest BCUT2D eigenvalue weighted by Crippen LogP contribution is -2.29. The fourth-order valence-corrected chi connectivity index (χ4v) is 1.46. The fourth-order valence-electron chi connectivity index (χ4n) is 0.939. The zero-order valence-corrected chi connectivity index (χ0v) is 8.36. The molecule has 14 heavy (non-hydrogen) atoms. The van der Waals surface area contributed by atoms with Crippen LogP contribution in [0.1, 0.15) is 10.4 Å². The van der Waals surface area contributed by atoms with Gasteiger partial charge in [0.15, 0.2) is 9.84 Å². The molecule has 1 rings (SSSR count). The van der Waals surface area contributed by atoms with Crippen molar-refractivity contribution in [2.45, 2.75) is 5.44 Å². The Kier molecular flexibility index (Phi) is 3.03. The molecule has 0 aliphatic heterocycles. The Morgan fingerprint density at radius 3 is 2.21 bits per heavy atom. The largest absolute Gasteiger partial charge is 0.371 e. The van der Waals surface area contributed by atoms with Crippen LogP contribution in [0.5, 0.6) is 0 Å². The van der Waals surface area contributed by atoms with Crippen molar-refractivity contribution < 1.29 is 18.3 Å². The predicted octanol–water partition coefficient (Wildman–Crippen LogP) is 0.232. The van der Waals surface area contributed by atoms with Gasteiger partial charge in [0.25, 0.3) is 0 Å². The first-order valence-corrected chi connectivity index (χ1v) is 5.84. The van der Waals surface area contributed by atoms with E-state index in [0.29, 0.717) is 0 Å². The molecule has 4 nitrogen and oxygen atoms in total. The normalized spacial score (nSPS) is 13.6. The summed E-state index contributed by atoms with van der Waals surface area (Å²) in [6.45, 7) is 0. The van der Waals surface area contributed by atoms with Crippen LogP contribution in [0, 0.1) is 0 Å². The van der Waals surface area contributed by atoms with Gasteiger partial charge < -0.3 is 5.11 Å². The van der Waals surface area contributed by atoms with Crippen molar-refractivity contribution in [1.82, 2.24) is 0 Å². The highest BCUT2D eigenvalue weighted by atomic mass is 32.2. The minimum absolute atomic E-state index is 0.186. The number of rotatable bonds is 3. The van der Waals surface area contributed by atoms with Crippen LogP contribution in [0.4, 0.5) is 0 Å². The van der Waals surface area contributed by atoms with E-state index in [0.717, 1.165) is 6.26 Å². The Labute approximate surface area is 82.1 Å². The minimum atomic E-state index is -3.74. The molecule has 0 radical (unpaired) electrons. The van der Waals surface area contributed by atoms with Crippen LogP contribution in [-0.2, 0) is 9.84 Å². The van der Waals surface area contributed by atoms with Crippen LogP contribution in [0.15, 0.2) is 30.3 Å². The van der Waals surface area contributed by atoms with E-state index in [4.69, 9.17) is 0 Å². The van der Waals surface area contributed by atoms with Gasteiger partial charge in [0.2, 0.25) is 11.2 Å². The number of ketones is 1. The van der Waals surface area contributed by atoms with E-state index in [-0.39, 0.29) is 5.56 Å². The summed E-state index contributed by atoms with van der Waals surface area (Å²) in [6.07, 6.45) is 0.818. The highest BCUT2D eigenvalue weighted by molar-refractivity contribution is 7.91. The lowest BCUT2D eigenvalue weighted by Gasteiger charge is -2.06. The average molecular weight is 214 g/mol. The second-order valence-electron chi connectivity index (χ2n) is 2.91. The Morgan fingerprint density at radius 1 is 1.29 bits per heavy atom. The molecule has 0 aromatic heterocycles. The third-order valence-electron chi connectivity index (χ3n) is 1.69. The zero-order valence-electron chi connectivity index (χ0n) is 7.54. The second-order valence-corrected chi connectivity index (χ2v) is 5.02. The Balaban J connectivity index is 2.99. The quantitative estimate of drug-likeness (QED) is 0.731. The number of carbonyl (C=O) groups is 1. The second kappa shape index (κ2) is 3.89. The molecule has 0 bridgehead atoms. The van der Waals surface area contributed by atoms with E-state index in [1.54, 1.807) is 18.2 Å². The van der Waals surface area contributed by atoms with Crippen LogP contribution >= 0.6 is 0 Å². The number of aliphatic hydroxyl groups is 1. The summed E-state index contributed by atoms with van der Waals surface area (Å²) in [7, 11) is -3.74. The van der Waals surface area contributed by atoms with Gasteiger partial charge >= 0.3 is 0 Å². The molecular weight excluding hydrogens is 204 g/mol. The number of aliphatic hydroxyl groups excluding tert-OH is 1. The van der Waals surface area contributed by atoms with Gasteiger partial charge in [-0.3, -0.25) is 4.79 Å². The molecule has 0 spiro atoms. The van der Waals surface area contributed by atoms with Crippen LogP contribution < -0.4 is 0 Å². The molecule has 1 atom stereocenters. The summed E-state index contributed by atoms with van der Waals surface area (Å²) in [5, 5.41) is 9.17. The van der Waals surface area contributed by atoms with Gasteiger partial charge in [-0.2, -0.15) is 0 Å². The van der Waals surface area contributed by atoms with Gasteiger partial charge in [-0.1, -0.05) is 30.3 Å². The van der Waals surface area contributed by atoms with E-state index in [2.05, 4.69) is 0 Å². The number of Topliss-reactive ketones (excluding diaryl/α,β-unsaturated/α-hetero) is 1. The maximum atomic E-state index is 11.4. The van der Waals surface area contributed by atoms with Crippen molar-refractivity contribution in [2.24, 2.45) is 0 Å². The van der Waals surface area contributed by atoms with Crippen molar-refractivity contribution in [1.29, 1.82) is 0 Å². The SMILES string of the molecule is CS(=O)(=O)C(O)C(=O)c1ccccc1. The molecular formula is C9H10O4S. The molecule has 0 fully saturated rings. The third kappa shape index (κ3) is 2.40. The monoisotopic (exact) mass is 214 g/mol. The lowest BCUT2D eigenvalue weighted by atomic mass is 10.1. The van der Waals surface area contributed by atoms with Crippen LogP contribution in [0.3, 0.4) is 0 Å². The summed E-state index contributed by atoms with van der Waals surface area (Å²) in [4.78, 5) is 11.4. The molecule has 0 saturated heterocycles. The molecule has 1 unspecified atom stereocenters. The third-order valence-corrected chi connectivity index (χ3v) is 2.71. The van der Waals surface area contributed by atoms with Gasteiger partial charge in [0.1, 0.15) is 0 Å². The van der Waals surface area contributed by atoms with Gasteiger partial charge in [-0.15, -0.1) is 0 Å². The number of hydrogen-bond donors (Lipinski definition) is 1. The average Bonchev–Trinajstić information content (AvgIpc) is 2.15. The van der Waals surface area contributed by atoms with Crippen molar-refractivity contribution in [3.8, 4) is 0 Å². The molecule has 5 heteroatoms. The molecule has 0 amide bonds. The Hall–Kier alpha value is -1.20. The first-order valence-electron chi connectivity index (χ1n) is 3.89. The van der Waals surface area contributed by atoms with Crippen molar-refractivity contribution >= 4 is 15.6 Å². The maximum absolute atomic E-state index is 11.4. The molecule has 1 aromatic rings. The molecule has 0 heterocycles. The highest BCUT2D eigenvalue weighted by Crippen LogP contribution is 2.06. The first-order chi connectivity index (χ1) is 6.43. The van der Waals surface area contributed by atoms with E-state index in [1.807, 2.05) is 0 Å². The number of carbonyl (C=O) groups excluding carboxylic acids is 1. The molecule has 1 aromatic carbocycles. The van der Waals surface area contributed by atoms with Crippen LogP contribution in [0.2, 0.25) is 0 Å². The van der Waals surface area contributed by atoms with Crippen LogP contribution in [0.25, 0.3) is 0 Å². The Morgan fingerprint density at radius 2 is 1.79 bits per heavy atom. The number of hydrogen-bond acceptors (Lipinski definition) is 4. The standard InChI is InChI=1S/C9H10O4S/c1-14(12,13)9(11)8(10)7-5-3-2-4-6-7/h2-6,9,11H,1H3. The molecule has 1 N–H and O–H groups in total. The number of benzene rings is 1. The Bertz CT molecular complexity index is 421. The van der Waals surface area contributed by atoms with E-state index in [1.165, 1.54) is 12.1 Å². The summed E-state index contributed by atoms with van der Waals surface area (Å²) >= 11 is 0. The summed E-state index contributed by atoms with van der Waals surface area (Å²) < 4.78 is 21.8. The summed E-state index contributed by atoms with van der Waals surface area (Å²) in [5.74, 6) is -0.798. The molecule has 0 saturated carbocycles. The maximum Gasteiger partial charge on any atom is 0.218 e. The lowest BCUT2D eigenvalue weighted by molar-refractivity contribution is 0.0859. The first kappa shape index (κ1) is 10.9. The van der Waals surface area contributed by atoms with Gasteiger partial charge in [0.05, 0.1) is 0 Å². The molecule has 76 valence electrons. The predicted molar refractivity (Wildman–Crippen MR) is 51.6 cm³/mol. The number of sulfone groups is 1. The van der Waals surface area contributed by atoms with Crippen LogP contribution in [-0.4, -0.2) is 31.0 Å². The van der Waals surface area contributed by atoms with Gasteiger partial charge in [0, 0.05) is 11.8 Å². The smallest absolute Gasteiger partial charge is 0.218 e. The topological polar surface area (TPSA) is 71.4 Å². The van der Waals surface area contributed by atoms with Crippen molar-refractivity contribution in [3.63, 3.8) is 0 Å². The fraction of sp³-hybridized carbons (Fsp3) is 0.222. The van der Waals surface area contributed by atoms with E-state index < -0.39 is 21.1 Å². The van der Waals surface area contributed by atoms with Gasteiger partial charge in [-0.25, -0.2) is 8.42 Å². The minimum Gasteiger partial charge on any atom is -0.371 e. The summed E-state index contributed by atoms with van der Waals surface area (Å²) in [6, 6.07) is 7.81. The van der Waals surface area contributed by atoms with Crippen molar-refractivity contribution in [2.75, 3.05) is 6.26 Å². The molecule has 0 aliphatic rings. The molecule has 0 aliphatic carbocycles. The van der Waals surface area contributed by atoms with E-state index in [9.17, 15) is 18.3 Å².